The lowest BCUT2D eigenvalue weighted by Crippen LogP contribution is -2.47. The van der Waals surface area contributed by atoms with E-state index in [1.165, 1.54) is 11.3 Å². The largest absolute Gasteiger partial charge is 0.486 e. The van der Waals surface area contributed by atoms with Crippen LogP contribution in [0.4, 0.5) is 17.3 Å². The zero-order valence-corrected chi connectivity index (χ0v) is 20.0. The van der Waals surface area contributed by atoms with E-state index in [4.69, 9.17) is 9.47 Å². The van der Waals surface area contributed by atoms with E-state index in [1.54, 1.807) is 12.4 Å². The van der Waals surface area contributed by atoms with Crippen LogP contribution < -0.4 is 24.6 Å². The highest BCUT2D eigenvalue weighted by Gasteiger charge is 2.25. The second kappa shape index (κ2) is 9.03. The molecule has 1 aromatic carbocycles. The van der Waals surface area contributed by atoms with Gasteiger partial charge in [0.2, 0.25) is 0 Å². The molecule has 1 fully saturated rings. The topological polar surface area (TPSA) is 92.7 Å². The predicted molar refractivity (Wildman–Crippen MR) is 136 cm³/mol. The molecule has 6 rings (SSSR count). The highest BCUT2D eigenvalue weighted by molar-refractivity contribution is 7.20. The number of anilines is 3. The van der Waals surface area contributed by atoms with Gasteiger partial charge in [-0.25, -0.2) is 15.0 Å². The Kier molecular flexibility index (Phi) is 5.57. The Morgan fingerprint density at radius 2 is 1.77 bits per heavy atom. The third-order valence-electron chi connectivity index (χ3n) is 6.27. The van der Waals surface area contributed by atoms with Crippen LogP contribution in [0.25, 0.3) is 10.2 Å². The molecule has 0 unspecified atom stereocenters. The number of pyridine rings is 1. The van der Waals surface area contributed by atoms with E-state index in [9.17, 15) is 4.79 Å². The summed E-state index contributed by atoms with van der Waals surface area (Å²) in [7, 11) is 0. The van der Waals surface area contributed by atoms with Crippen molar-refractivity contribution in [3.8, 4) is 11.5 Å². The molecule has 0 aliphatic carbocycles. The first-order valence-electron chi connectivity index (χ1n) is 11.5. The fourth-order valence-corrected chi connectivity index (χ4v) is 5.55. The first-order valence-corrected chi connectivity index (χ1v) is 12.3. The second-order valence-corrected chi connectivity index (χ2v) is 9.41. The average Bonchev–Trinajstić information content (AvgIpc) is 3.26. The molecule has 0 saturated carbocycles. The number of benzene rings is 1. The molecule has 10 heteroatoms. The third-order valence-corrected chi connectivity index (χ3v) is 7.46. The Morgan fingerprint density at radius 1 is 0.971 bits per heavy atom. The molecule has 2 aliphatic rings. The van der Waals surface area contributed by atoms with Crippen LogP contribution in [0.15, 0.2) is 48.9 Å². The van der Waals surface area contributed by atoms with Crippen LogP contribution in [-0.4, -0.2) is 60.3 Å². The lowest BCUT2D eigenvalue weighted by atomic mass is 10.1. The summed E-state index contributed by atoms with van der Waals surface area (Å²) < 4.78 is 11.2. The minimum Gasteiger partial charge on any atom is -0.486 e. The molecule has 2 aliphatic heterocycles. The first-order chi connectivity index (χ1) is 17.2. The van der Waals surface area contributed by atoms with Crippen LogP contribution in [0.1, 0.15) is 15.2 Å². The molecule has 0 bridgehead atoms. The number of amides is 1. The molecule has 35 heavy (non-hydrogen) atoms. The summed E-state index contributed by atoms with van der Waals surface area (Å²) in [6.45, 7) is 6.33. The van der Waals surface area contributed by atoms with Crippen LogP contribution in [-0.2, 0) is 0 Å². The Bertz CT molecular complexity index is 1380. The van der Waals surface area contributed by atoms with Gasteiger partial charge >= 0.3 is 0 Å². The molecule has 5 heterocycles. The summed E-state index contributed by atoms with van der Waals surface area (Å²) >= 11 is 1.39. The maximum atomic E-state index is 13.2. The van der Waals surface area contributed by atoms with E-state index in [1.807, 2.05) is 43.5 Å². The Morgan fingerprint density at radius 3 is 2.57 bits per heavy atom. The number of carbonyl (C=O) groups excluding carboxylic acids is 1. The zero-order chi connectivity index (χ0) is 23.8. The SMILES string of the molecule is Cc1c(C(=O)Nc2ccc3c(c2)OCCO3)sc2ncnc(N3CCN(c4ccccn4)CC3)c12. The molecule has 0 radical (unpaired) electrons. The van der Waals surface area contributed by atoms with E-state index in [-0.39, 0.29) is 5.91 Å². The van der Waals surface area contributed by atoms with Crippen molar-refractivity contribution in [2.75, 3.05) is 54.5 Å². The number of ether oxygens (including phenoxy) is 2. The minimum atomic E-state index is -0.173. The van der Waals surface area contributed by atoms with E-state index in [0.717, 1.165) is 53.6 Å². The summed E-state index contributed by atoms with van der Waals surface area (Å²) in [5, 5.41) is 3.93. The Labute approximate surface area is 206 Å². The number of nitrogens with zero attached hydrogens (tertiary/aromatic N) is 5. The first kappa shape index (κ1) is 21.6. The van der Waals surface area contributed by atoms with Crippen molar-refractivity contribution in [1.82, 2.24) is 15.0 Å². The van der Waals surface area contributed by atoms with Gasteiger partial charge in [-0.1, -0.05) is 6.07 Å². The molecule has 1 N–H and O–H groups in total. The van der Waals surface area contributed by atoms with Crippen LogP contribution in [0.3, 0.4) is 0 Å². The second-order valence-electron chi connectivity index (χ2n) is 8.41. The van der Waals surface area contributed by atoms with E-state index < -0.39 is 0 Å². The number of hydrogen-bond acceptors (Lipinski definition) is 9. The highest BCUT2D eigenvalue weighted by Crippen LogP contribution is 2.37. The number of nitrogens with one attached hydrogen (secondary N) is 1. The number of thiophene rings is 1. The van der Waals surface area contributed by atoms with Crippen molar-refractivity contribution in [2.45, 2.75) is 6.92 Å². The van der Waals surface area contributed by atoms with Gasteiger partial charge in [0.15, 0.2) is 11.5 Å². The van der Waals surface area contributed by atoms with Crippen molar-refractivity contribution >= 4 is 44.8 Å². The molecule has 4 aromatic rings. The van der Waals surface area contributed by atoms with E-state index in [0.29, 0.717) is 35.3 Å². The summed E-state index contributed by atoms with van der Waals surface area (Å²) in [5.41, 5.74) is 1.55. The van der Waals surface area contributed by atoms with Gasteiger partial charge in [-0.05, 0) is 36.8 Å². The number of aromatic nitrogens is 3. The molecule has 178 valence electrons. The lowest BCUT2D eigenvalue weighted by molar-refractivity contribution is 0.103. The van der Waals surface area contributed by atoms with Crippen LogP contribution in [0.5, 0.6) is 11.5 Å². The monoisotopic (exact) mass is 488 g/mol. The molecule has 3 aromatic heterocycles. The smallest absolute Gasteiger partial charge is 0.266 e. The molecule has 1 amide bonds. The van der Waals surface area contributed by atoms with Crippen molar-refractivity contribution in [1.29, 1.82) is 0 Å². The fraction of sp³-hybridized carbons (Fsp3) is 0.280. The third kappa shape index (κ3) is 4.10. The minimum absolute atomic E-state index is 0.173. The molecule has 1 saturated heterocycles. The molecular weight excluding hydrogens is 464 g/mol. The van der Waals surface area contributed by atoms with Gasteiger partial charge in [-0.2, -0.15) is 0 Å². The Balaban J connectivity index is 1.23. The molecular formula is C25H24N6O3S. The summed E-state index contributed by atoms with van der Waals surface area (Å²) in [6.07, 6.45) is 3.41. The fourth-order valence-electron chi connectivity index (χ4n) is 4.51. The maximum Gasteiger partial charge on any atom is 0.266 e. The molecule has 0 atom stereocenters. The summed E-state index contributed by atoms with van der Waals surface area (Å²) in [4.78, 5) is 32.8. The lowest BCUT2D eigenvalue weighted by Gasteiger charge is -2.36. The van der Waals surface area contributed by atoms with Gasteiger partial charge in [0.1, 0.15) is 36.0 Å². The zero-order valence-electron chi connectivity index (χ0n) is 19.2. The standard InChI is InChI=1S/C25H24N6O3S/c1-16-21-23(31-10-8-30(9-11-31)20-4-2-3-7-26-20)27-15-28-25(21)35-22(16)24(32)29-17-5-6-18-19(14-17)34-13-12-33-18/h2-7,14-15H,8-13H2,1H3,(H,29,32). The van der Waals surface area contributed by atoms with Crippen LogP contribution in [0, 0.1) is 6.92 Å². The maximum absolute atomic E-state index is 13.2. The number of hydrogen-bond donors (Lipinski definition) is 1. The van der Waals surface area contributed by atoms with Gasteiger partial charge < -0.3 is 24.6 Å². The number of rotatable bonds is 4. The van der Waals surface area contributed by atoms with Crippen molar-refractivity contribution in [3.63, 3.8) is 0 Å². The highest BCUT2D eigenvalue weighted by atomic mass is 32.1. The van der Waals surface area contributed by atoms with Gasteiger partial charge in [0.05, 0.1) is 10.3 Å². The van der Waals surface area contributed by atoms with Crippen LogP contribution >= 0.6 is 11.3 Å². The van der Waals surface area contributed by atoms with Gasteiger partial charge in [0.25, 0.3) is 5.91 Å². The predicted octanol–water partition coefficient (Wildman–Crippen LogP) is 3.74. The Hall–Kier alpha value is -3.92. The van der Waals surface area contributed by atoms with Crippen molar-refractivity contribution in [3.05, 3.63) is 59.4 Å². The van der Waals surface area contributed by atoms with E-state index in [2.05, 4.69) is 30.1 Å². The van der Waals surface area contributed by atoms with E-state index >= 15 is 0 Å². The van der Waals surface area contributed by atoms with Crippen molar-refractivity contribution < 1.29 is 14.3 Å². The van der Waals surface area contributed by atoms with Gasteiger partial charge in [0, 0.05) is 44.1 Å². The number of fused-ring (bicyclic) bond motifs is 2. The molecule has 9 nitrogen and oxygen atoms in total. The molecule has 0 spiro atoms. The summed E-state index contributed by atoms with van der Waals surface area (Å²) in [5.74, 6) is 3.02. The quantitative estimate of drug-likeness (QED) is 0.464. The normalized spacial score (nSPS) is 15.3. The number of carbonyl (C=O) groups is 1. The summed E-state index contributed by atoms with van der Waals surface area (Å²) in [6, 6.07) is 11.4. The van der Waals surface area contributed by atoms with Crippen LogP contribution in [0.2, 0.25) is 0 Å². The number of piperazine rings is 1. The van der Waals surface area contributed by atoms with Gasteiger partial charge in [-0.15, -0.1) is 11.3 Å². The van der Waals surface area contributed by atoms with Crippen molar-refractivity contribution in [2.24, 2.45) is 0 Å². The number of aryl methyl sites for hydroxylation is 1. The van der Waals surface area contributed by atoms with Gasteiger partial charge in [-0.3, -0.25) is 4.79 Å². The average molecular weight is 489 g/mol.